The van der Waals surface area contributed by atoms with Crippen LogP contribution in [-0.4, -0.2) is 23.8 Å². The topological polar surface area (TPSA) is 52.3 Å². The lowest BCUT2D eigenvalue weighted by Crippen LogP contribution is -2.38. The molecule has 1 rings (SSSR count). The Balaban J connectivity index is 2.60. The van der Waals surface area contributed by atoms with Crippen molar-refractivity contribution in [3.05, 3.63) is 30.3 Å². The third-order valence-corrected chi connectivity index (χ3v) is 3.89. The highest BCUT2D eigenvalue weighted by atomic mass is 35.5. The summed E-state index contributed by atoms with van der Waals surface area (Å²) in [6.45, 7) is 0. The van der Waals surface area contributed by atoms with Gasteiger partial charge in [-0.2, -0.15) is 0 Å². The number of carbonyl (C=O) groups excluding carboxylic acids is 1. The van der Waals surface area contributed by atoms with Crippen LogP contribution in [0.2, 0.25) is 0 Å². The molecule has 0 radical (unpaired) electrons. The van der Waals surface area contributed by atoms with Gasteiger partial charge in [0.25, 0.3) is 0 Å². The van der Waals surface area contributed by atoms with E-state index in [1.165, 1.54) is 0 Å². The molecule has 2 N–H and O–H groups in total. The normalized spacial score (nSPS) is 13.7. The molecule has 0 aromatic heterocycles. The van der Waals surface area contributed by atoms with Crippen LogP contribution in [0.5, 0.6) is 5.75 Å². The Morgan fingerprint density at radius 3 is 2.33 bits per heavy atom. The van der Waals surface area contributed by atoms with Crippen molar-refractivity contribution in [3.63, 3.8) is 0 Å². The molecule has 0 saturated carbocycles. The fourth-order valence-corrected chi connectivity index (χ4v) is 2.50. The largest absolute Gasteiger partial charge is 0.426 e. The Hall–Kier alpha value is -0.770. The maximum atomic E-state index is 12.3. The highest BCUT2D eigenvalue weighted by molar-refractivity contribution is 6.18. The van der Waals surface area contributed by atoms with Crippen molar-refractivity contribution in [2.75, 3.05) is 11.8 Å². The fourth-order valence-electron chi connectivity index (χ4n) is 2.16. The van der Waals surface area contributed by atoms with Crippen molar-refractivity contribution in [3.8, 4) is 5.75 Å². The van der Waals surface area contributed by atoms with Gasteiger partial charge in [0.1, 0.15) is 5.75 Å². The number of rotatable bonds is 10. The number of benzene rings is 1. The van der Waals surface area contributed by atoms with Gasteiger partial charge >= 0.3 is 5.97 Å². The van der Waals surface area contributed by atoms with Gasteiger partial charge in [0.2, 0.25) is 0 Å². The summed E-state index contributed by atoms with van der Waals surface area (Å²) in [6.07, 6.45) is 3.99. The van der Waals surface area contributed by atoms with Gasteiger partial charge in [0.15, 0.2) is 0 Å². The highest BCUT2D eigenvalue weighted by Crippen LogP contribution is 2.20. The van der Waals surface area contributed by atoms with Crippen LogP contribution in [0.3, 0.4) is 0 Å². The van der Waals surface area contributed by atoms with Gasteiger partial charge in [0, 0.05) is 17.8 Å². The standard InChI is InChI=1S/C16H23Cl2NO2/c17-11-5-4-10-15(19)14(9-6-12-18)16(20)21-13-7-2-1-3-8-13/h1-3,7-8,14-15H,4-6,9-12,19H2/t14-,15+/m1/s1. The fraction of sp³-hybridized carbons (Fsp3) is 0.562. The van der Waals surface area contributed by atoms with Crippen molar-refractivity contribution < 1.29 is 9.53 Å². The van der Waals surface area contributed by atoms with Gasteiger partial charge in [0.05, 0.1) is 5.92 Å². The number of halogens is 2. The first-order chi connectivity index (χ1) is 10.2. The van der Waals surface area contributed by atoms with E-state index in [0.29, 0.717) is 23.9 Å². The molecule has 5 heteroatoms. The van der Waals surface area contributed by atoms with Crippen LogP contribution < -0.4 is 10.5 Å². The molecule has 2 atom stereocenters. The van der Waals surface area contributed by atoms with E-state index in [-0.39, 0.29) is 17.9 Å². The van der Waals surface area contributed by atoms with E-state index in [4.69, 9.17) is 33.7 Å². The maximum Gasteiger partial charge on any atom is 0.315 e. The number of ether oxygens (including phenoxy) is 1. The van der Waals surface area contributed by atoms with Gasteiger partial charge in [-0.15, -0.1) is 23.2 Å². The molecule has 3 nitrogen and oxygen atoms in total. The minimum atomic E-state index is -0.320. The first kappa shape index (κ1) is 18.3. The van der Waals surface area contributed by atoms with Gasteiger partial charge in [-0.3, -0.25) is 4.79 Å². The average Bonchev–Trinajstić information content (AvgIpc) is 2.49. The zero-order chi connectivity index (χ0) is 15.5. The summed E-state index contributed by atoms with van der Waals surface area (Å²) >= 11 is 11.4. The van der Waals surface area contributed by atoms with E-state index in [1.54, 1.807) is 12.1 Å². The molecule has 1 aromatic carbocycles. The lowest BCUT2D eigenvalue weighted by Gasteiger charge is -2.22. The van der Waals surface area contributed by atoms with E-state index in [1.807, 2.05) is 18.2 Å². The Morgan fingerprint density at radius 1 is 1.05 bits per heavy atom. The minimum absolute atomic E-state index is 0.215. The van der Waals surface area contributed by atoms with Crippen molar-refractivity contribution in [1.82, 2.24) is 0 Å². The third-order valence-electron chi connectivity index (χ3n) is 3.35. The SMILES string of the molecule is N[C@@H](CCCCCl)[C@@H](CCCCl)C(=O)Oc1ccccc1. The molecule has 0 bridgehead atoms. The second kappa shape index (κ2) is 10.9. The van der Waals surface area contributed by atoms with E-state index in [9.17, 15) is 4.79 Å². The van der Waals surface area contributed by atoms with Crippen LogP contribution in [0.1, 0.15) is 32.1 Å². The molecule has 0 amide bonds. The molecule has 0 heterocycles. The summed E-state index contributed by atoms with van der Waals surface area (Å²) in [5, 5.41) is 0. The van der Waals surface area contributed by atoms with Gasteiger partial charge < -0.3 is 10.5 Å². The second-order valence-electron chi connectivity index (χ2n) is 5.02. The number of alkyl halides is 2. The molecule has 0 aliphatic rings. The van der Waals surface area contributed by atoms with Gasteiger partial charge in [-0.1, -0.05) is 24.6 Å². The van der Waals surface area contributed by atoms with E-state index in [2.05, 4.69) is 0 Å². The molecular formula is C16H23Cl2NO2. The molecule has 1 aromatic rings. The maximum absolute atomic E-state index is 12.3. The lowest BCUT2D eigenvalue weighted by molar-refractivity contribution is -0.140. The predicted octanol–water partition coefficient (Wildman–Crippen LogP) is 3.96. The van der Waals surface area contributed by atoms with Crippen molar-refractivity contribution >= 4 is 29.2 Å². The smallest absolute Gasteiger partial charge is 0.315 e. The van der Waals surface area contributed by atoms with Crippen LogP contribution >= 0.6 is 23.2 Å². The molecule has 0 unspecified atom stereocenters. The van der Waals surface area contributed by atoms with Crippen LogP contribution in [0.15, 0.2) is 30.3 Å². The first-order valence-electron chi connectivity index (χ1n) is 7.33. The predicted molar refractivity (Wildman–Crippen MR) is 88.1 cm³/mol. The molecule has 0 saturated heterocycles. The van der Waals surface area contributed by atoms with Crippen LogP contribution in [0.4, 0.5) is 0 Å². The summed E-state index contributed by atoms with van der Waals surface area (Å²) in [4.78, 5) is 12.3. The zero-order valence-corrected chi connectivity index (χ0v) is 13.7. The summed E-state index contributed by atoms with van der Waals surface area (Å²) in [7, 11) is 0. The summed E-state index contributed by atoms with van der Waals surface area (Å²) in [6, 6.07) is 8.84. The number of nitrogens with two attached hydrogens (primary N) is 1. The first-order valence-corrected chi connectivity index (χ1v) is 8.40. The van der Waals surface area contributed by atoms with Crippen LogP contribution in [0.25, 0.3) is 0 Å². The summed E-state index contributed by atoms with van der Waals surface area (Å²) in [5.41, 5.74) is 6.17. The van der Waals surface area contributed by atoms with Crippen LogP contribution in [0, 0.1) is 5.92 Å². The van der Waals surface area contributed by atoms with Gasteiger partial charge in [-0.05, 0) is 37.8 Å². The Morgan fingerprint density at radius 2 is 1.71 bits per heavy atom. The molecule has 21 heavy (non-hydrogen) atoms. The highest BCUT2D eigenvalue weighted by Gasteiger charge is 2.26. The van der Waals surface area contributed by atoms with Crippen molar-refractivity contribution in [2.24, 2.45) is 11.7 Å². The number of esters is 1. The van der Waals surface area contributed by atoms with E-state index >= 15 is 0 Å². The average molecular weight is 332 g/mol. The zero-order valence-electron chi connectivity index (χ0n) is 12.1. The molecule has 0 fully saturated rings. The lowest BCUT2D eigenvalue weighted by atomic mass is 9.92. The Kier molecular flexibility index (Phi) is 9.48. The molecule has 118 valence electrons. The van der Waals surface area contributed by atoms with Gasteiger partial charge in [-0.25, -0.2) is 0 Å². The molecule has 0 aliphatic heterocycles. The molecule has 0 spiro atoms. The molecular weight excluding hydrogens is 309 g/mol. The number of hydrogen-bond acceptors (Lipinski definition) is 3. The third kappa shape index (κ3) is 7.16. The number of hydrogen-bond donors (Lipinski definition) is 1. The van der Waals surface area contributed by atoms with E-state index in [0.717, 1.165) is 25.7 Å². The minimum Gasteiger partial charge on any atom is -0.426 e. The summed E-state index contributed by atoms with van der Waals surface area (Å²) in [5.74, 6) is 1.09. The number of para-hydroxylation sites is 1. The second-order valence-corrected chi connectivity index (χ2v) is 5.78. The Bertz CT molecular complexity index is 401. The monoisotopic (exact) mass is 331 g/mol. The van der Waals surface area contributed by atoms with E-state index < -0.39 is 0 Å². The number of unbranched alkanes of at least 4 members (excludes halogenated alkanes) is 1. The quantitative estimate of drug-likeness (QED) is 0.305. The molecule has 0 aliphatic carbocycles. The van der Waals surface area contributed by atoms with Crippen molar-refractivity contribution in [2.45, 2.75) is 38.1 Å². The Labute approximate surface area is 136 Å². The van der Waals surface area contributed by atoms with Crippen molar-refractivity contribution in [1.29, 1.82) is 0 Å². The number of carbonyl (C=O) groups is 1. The summed E-state index contributed by atoms with van der Waals surface area (Å²) < 4.78 is 5.41. The van der Waals surface area contributed by atoms with Crippen LogP contribution in [-0.2, 0) is 4.79 Å².